The van der Waals surface area contributed by atoms with Crippen molar-refractivity contribution < 1.29 is 19.0 Å². The number of methoxy groups -OCH3 is 2. The highest BCUT2D eigenvalue weighted by molar-refractivity contribution is 6.74. The van der Waals surface area contributed by atoms with Gasteiger partial charge in [-0.05, 0) is 80.3 Å². The molecule has 4 nitrogen and oxygen atoms in total. The summed E-state index contributed by atoms with van der Waals surface area (Å²) in [5.41, 5.74) is -0.654. The van der Waals surface area contributed by atoms with Crippen LogP contribution >= 0.6 is 11.6 Å². The molecule has 0 heterocycles. The number of fused-ring (bicyclic) bond motifs is 2. The zero-order chi connectivity index (χ0) is 24.3. The van der Waals surface area contributed by atoms with Crippen LogP contribution in [0.1, 0.15) is 85.5 Å². The van der Waals surface area contributed by atoms with E-state index in [1.807, 2.05) is 0 Å². The maximum atomic E-state index is 12.1. The fourth-order valence-electron chi connectivity index (χ4n) is 9.36. The van der Waals surface area contributed by atoms with Crippen molar-refractivity contribution in [2.45, 2.75) is 126 Å². The molecule has 1 N–H and O–H groups in total. The van der Waals surface area contributed by atoms with Gasteiger partial charge in [0.05, 0.1) is 11.7 Å². The zero-order valence-corrected chi connectivity index (χ0v) is 24.0. The number of hydrogen-bond donors (Lipinski definition) is 1. The summed E-state index contributed by atoms with van der Waals surface area (Å²) in [7, 11) is 1.61. The number of hydrogen-bond acceptors (Lipinski definition) is 4. The SMILES string of the molecule is COC1(OC)CC[C@@]23[C@@H](Cl)[C@@]24CC[C@]2(C)[C@@H](O[Si](C)(C)C(C)(C)C)CC[C@H]2[C@@H]4CC[C@@]3(O)C1. The summed E-state index contributed by atoms with van der Waals surface area (Å²) in [5.74, 6) is 0.582. The predicted octanol–water partition coefficient (Wildman–Crippen LogP) is 6.49. The number of alkyl halides is 1. The second kappa shape index (κ2) is 7.22. The molecular formula is C27H47ClO4Si. The fraction of sp³-hybridized carbons (Fsp3) is 1.00. The van der Waals surface area contributed by atoms with Gasteiger partial charge in [-0.15, -0.1) is 11.6 Å². The van der Waals surface area contributed by atoms with Gasteiger partial charge < -0.3 is 19.0 Å². The second-order valence-corrected chi connectivity index (χ2v) is 19.3. The summed E-state index contributed by atoms with van der Waals surface area (Å²) in [6, 6.07) is 0. The Labute approximate surface area is 207 Å². The Morgan fingerprint density at radius 3 is 2.18 bits per heavy atom. The van der Waals surface area contributed by atoms with Crippen LogP contribution in [-0.2, 0) is 13.9 Å². The van der Waals surface area contributed by atoms with Crippen molar-refractivity contribution >= 4 is 19.9 Å². The molecule has 190 valence electrons. The lowest BCUT2D eigenvalue weighted by Gasteiger charge is -2.59. The minimum Gasteiger partial charge on any atom is -0.413 e. The fourth-order valence-corrected chi connectivity index (χ4v) is 11.7. The molecule has 2 spiro atoms. The van der Waals surface area contributed by atoms with Gasteiger partial charge in [-0.3, -0.25) is 0 Å². The molecule has 0 unspecified atom stereocenters. The third kappa shape index (κ3) is 2.90. The Kier molecular flexibility index (Phi) is 5.47. The van der Waals surface area contributed by atoms with Crippen LogP contribution in [0, 0.1) is 28.1 Å². The lowest BCUT2D eigenvalue weighted by atomic mass is 9.49. The molecule has 5 aliphatic rings. The molecular weight excluding hydrogens is 452 g/mol. The molecule has 0 aromatic rings. The molecule has 0 amide bonds. The molecule has 5 fully saturated rings. The molecule has 0 aliphatic heterocycles. The van der Waals surface area contributed by atoms with Crippen molar-refractivity contribution in [2.75, 3.05) is 14.2 Å². The molecule has 8 atom stereocenters. The Morgan fingerprint density at radius 2 is 1.58 bits per heavy atom. The van der Waals surface area contributed by atoms with Gasteiger partial charge >= 0.3 is 0 Å². The van der Waals surface area contributed by atoms with Gasteiger partial charge in [0.15, 0.2) is 14.1 Å². The van der Waals surface area contributed by atoms with Gasteiger partial charge in [0.1, 0.15) is 0 Å². The van der Waals surface area contributed by atoms with Crippen LogP contribution in [-0.4, -0.2) is 50.5 Å². The van der Waals surface area contributed by atoms with E-state index in [0.717, 1.165) is 32.1 Å². The van der Waals surface area contributed by atoms with E-state index in [-0.39, 0.29) is 26.7 Å². The summed E-state index contributed by atoms with van der Waals surface area (Å²) in [6.07, 6.45) is 9.26. The largest absolute Gasteiger partial charge is 0.413 e. The van der Waals surface area contributed by atoms with Gasteiger partial charge in [0, 0.05) is 43.3 Å². The van der Waals surface area contributed by atoms with E-state index in [0.29, 0.717) is 24.4 Å². The minimum absolute atomic E-state index is 0.0686. The monoisotopic (exact) mass is 498 g/mol. The van der Waals surface area contributed by atoms with Gasteiger partial charge in [-0.1, -0.05) is 27.7 Å². The highest BCUT2D eigenvalue weighted by Gasteiger charge is 2.89. The van der Waals surface area contributed by atoms with Crippen LogP contribution in [0.25, 0.3) is 0 Å². The standard InChI is InChI=1S/C27H47ClO4Si/c1-22(2,3)33(7,8)32-20-10-9-18-19-11-12-24(29)17-25(30-5,31-6)14-16-27(24)21(28)26(19,27)15-13-23(18,20)4/h18-21,29H,9-17H2,1-8H3/t18-,19-,20-,21-,23-,24+,26-,27-/m0/s1. The van der Waals surface area contributed by atoms with E-state index in [4.69, 9.17) is 25.5 Å². The van der Waals surface area contributed by atoms with Gasteiger partial charge in [0.2, 0.25) is 0 Å². The molecule has 0 aromatic carbocycles. The van der Waals surface area contributed by atoms with Gasteiger partial charge in [-0.25, -0.2) is 0 Å². The summed E-state index contributed by atoms with van der Waals surface area (Å²) < 4.78 is 18.7. The summed E-state index contributed by atoms with van der Waals surface area (Å²) in [4.78, 5) is 0. The lowest BCUT2D eigenvalue weighted by molar-refractivity contribution is -0.284. The lowest BCUT2D eigenvalue weighted by Crippen LogP contribution is -2.61. The molecule has 0 bridgehead atoms. The number of aliphatic hydroxyl groups is 1. The number of ether oxygens (including phenoxy) is 2. The van der Waals surface area contributed by atoms with Crippen LogP contribution in [0.2, 0.25) is 18.1 Å². The molecule has 0 saturated heterocycles. The summed E-state index contributed by atoms with van der Waals surface area (Å²) in [6.45, 7) is 14.4. The number of rotatable bonds is 4. The molecule has 33 heavy (non-hydrogen) atoms. The Bertz CT molecular complexity index is 808. The molecule has 0 aromatic heterocycles. The number of halogens is 1. The van der Waals surface area contributed by atoms with Crippen molar-refractivity contribution in [3.8, 4) is 0 Å². The first-order chi connectivity index (χ1) is 15.2. The van der Waals surface area contributed by atoms with Crippen molar-refractivity contribution in [1.29, 1.82) is 0 Å². The Hall–Kier alpha value is 0.347. The molecule has 6 heteroatoms. The van der Waals surface area contributed by atoms with E-state index in [1.165, 1.54) is 19.3 Å². The Balaban J connectivity index is 1.43. The second-order valence-electron chi connectivity index (χ2n) is 14.1. The maximum Gasteiger partial charge on any atom is 0.192 e. The van der Waals surface area contributed by atoms with E-state index in [1.54, 1.807) is 14.2 Å². The normalized spacial score (nSPS) is 50.7. The smallest absolute Gasteiger partial charge is 0.192 e. The van der Waals surface area contributed by atoms with Crippen LogP contribution in [0.3, 0.4) is 0 Å². The van der Waals surface area contributed by atoms with Gasteiger partial charge in [-0.2, -0.15) is 0 Å². The zero-order valence-electron chi connectivity index (χ0n) is 22.2. The molecule has 5 rings (SSSR count). The molecule has 5 aliphatic carbocycles. The third-order valence-corrected chi connectivity index (χ3v) is 17.6. The van der Waals surface area contributed by atoms with E-state index in [2.05, 4.69) is 40.8 Å². The van der Waals surface area contributed by atoms with Crippen LogP contribution in [0.4, 0.5) is 0 Å². The van der Waals surface area contributed by atoms with Crippen LogP contribution < -0.4 is 0 Å². The first-order valence-corrected chi connectivity index (χ1v) is 16.7. The van der Waals surface area contributed by atoms with Gasteiger partial charge in [0.25, 0.3) is 0 Å². The van der Waals surface area contributed by atoms with E-state index >= 15 is 0 Å². The van der Waals surface area contributed by atoms with Crippen molar-refractivity contribution in [1.82, 2.24) is 0 Å². The average molecular weight is 499 g/mol. The van der Waals surface area contributed by atoms with Crippen LogP contribution in [0.5, 0.6) is 0 Å². The summed E-state index contributed by atoms with van der Waals surface area (Å²) in [5, 5.41) is 12.4. The first-order valence-electron chi connectivity index (χ1n) is 13.3. The quantitative estimate of drug-likeness (QED) is 0.273. The van der Waals surface area contributed by atoms with Crippen LogP contribution in [0.15, 0.2) is 0 Å². The van der Waals surface area contributed by atoms with Crippen molar-refractivity contribution in [3.05, 3.63) is 0 Å². The highest BCUT2D eigenvalue weighted by Crippen LogP contribution is 2.87. The van der Waals surface area contributed by atoms with Crippen molar-refractivity contribution in [3.63, 3.8) is 0 Å². The maximum absolute atomic E-state index is 12.1. The summed E-state index contributed by atoms with van der Waals surface area (Å²) >= 11 is 7.33. The highest BCUT2D eigenvalue weighted by atomic mass is 35.5. The first kappa shape index (κ1) is 25.0. The van der Waals surface area contributed by atoms with E-state index < -0.39 is 19.7 Å². The Morgan fingerprint density at radius 1 is 0.909 bits per heavy atom. The molecule has 0 radical (unpaired) electrons. The minimum atomic E-state index is -1.82. The van der Waals surface area contributed by atoms with Crippen molar-refractivity contribution in [2.24, 2.45) is 28.1 Å². The third-order valence-electron chi connectivity index (χ3n) is 12.3. The predicted molar refractivity (Wildman–Crippen MR) is 135 cm³/mol. The molecule has 5 saturated carbocycles. The topological polar surface area (TPSA) is 47.9 Å². The average Bonchev–Trinajstić information content (AvgIpc) is 3.11. The van der Waals surface area contributed by atoms with E-state index in [9.17, 15) is 5.11 Å².